The summed E-state index contributed by atoms with van der Waals surface area (Å²) in [5.41, 5.74) is 0.771. The lowest BCUT2D eigenvalue weighted by Crippen LogP contribution is -2.38. The van der Waals surface area contributed by atoms with Crippen LogP contribution in [0.1, 0.15) is 32.6 Å². The molecule has 4 aromatic rings. The molecule has 3 aromatic heterocycles. The summed E-state index contributed by atoms with van der Waals surface area (Å²) in [5.74, 6) is -1.22. The Labute approximate surface area is 183 Å². The third-order valence-electron chi connectivity index (χ3n) is 4.78. The van der Waals surface area contributed by atoms with Crippen molar-refractivity contribution < 1.29 is 19.0 Å². The van der Waals surface area contributed by atoms with E-state index in [0.29, 0.717) is 28.0 Å². The Balaban J connectivity index is 1.71. The van der Waals surface area contributed by atoms with Gasteiger partial charge in [0.05, 0.1) is 27.8 Å². The van der Waals surface area contributed by atoms with Crippen molar-refractivity contribution in [3.8, 4) is 17.1 Å². The van der Waals surface area contributed by atoms with Crippen molar-refractivity contribution >= 4 is 22.4 Å². The quantitative estimate of drug-likeness (QED) is 0.288. The summed E-state index contributed by atoms with van der Waals surface area (Å²) in [7, 11) is 0. The number of aromatic nitrogens is 3. The normalized spacial score (nSPS) is 12.8. The summed E-state index contributed by atoms with van der Waals surface area (Å²) in [6, 6.07) is 8.39. The van der Waals surface area contributed by atoms with Gasteiger partial charge in [-0.15, -0.1) is 0 Å². The second-order valence-electron chi connectivity index (χ2n) is 8.45. The van der Waals surface area contributed by atoms with Crippen LogP contribution in [0.3, 0.4) is 0 Å². The second-order valence-corrected chi connectivity index (χ2v) is 8.45. The Morgan fingerprint density at radius 3 is 2.44 bits per heavy atom. The number of halogens is 2. The van der Waals surface area contributed by atoms with Crippen LogP contribution in [0, 0.1) is 11.6 Å². The molecule has 0 amide bonds. The highest BCUT2D eigenvalue weighted by Crippen LogP contribution is 2.36. The van der Waals surface area contributed by atoms with Crippen LogP contribution in [0.4, 0.5) is 20.3 Å². The Morgan fingerprint density at radius 2 is 1.81 bits per heavy atom. The molecule has 0 spiro atoms. The minimum absolute atomic E-state index is 0.0658. The fraction of sp³-hybridized carbons (Fsp3) is 0.217. The second kappa shape index (κ2) is 8.18. The highest BCUT2D eigenvalue weighted by atomic mass is 19.1. The lowest BCUT2D eigenvalue weighted by atomic mass is 10.1. The molecule has 1 unspecified atom stereocenters. The maximum Gasteiger partial charge on any atom is 0.200 e. The van der Waals surface area contributed by atoms with Gasteiger partial charge in [0.1, 0.15) is 23.7 Å². The molecule has 1 aromatic carbocycles. The first-order valence-electron chi connectivity index (χ1n) is 9.96. The van der Waals surface area contributed by atoms with Gasteiger partial charge in [-0.3, -0.25) is 5.32 Å². The minimum Gasteiger partial charge on any atom is -0.494 e. The number of nitrogens with one attached hydrogen (secondary N) is 3. The van der Waals surface area contributed by atoms with E-state index in [1.54, 1.807) is 12.1 Å². The van der Waals surface area contributed by atoms with Crippen molar-refractivity contribution in [3.63, 3.8) is 0 Å². The smallest absolute Gasteiger partial charge is 0.200 e. The molecule has 7 nitrogen and oxygen atoms in total. The molecule has 0 saturated carbocycles. The number of aromatic amines is 1. The summed E-state index contributed by atoms with van der Waals surface area (Å²) in [4.78, 5) is 11.3. The number of aliphatic hydroxyl groups excluding tert-OH is 1. The number of fused-ring (bicyclic) bond motifs is 1. The van der Waals surface area contributed by atoms with Crippen molar-refractivity contribution in [2.24, 2.45) is 0 Å². The third-order valence-corrected chi connectivity index (χ3v) is 4.78. The fourth-order valence-corrected chi connectivity index (χ4v) is 3.37. The number of rotatable bonds is 5. The number of benzene rings is 1. The highest BCUT2D eigenvalue weighted by Gasteiger charge is 2.19. The number of H-pyrrole nitrogens is 1. The van der Waals surface area contributed by atoms with Crippen LogP contribution in [-0.2, 0) is 0 Å². The molecule has 0 aliphatic carbocycles. The molecular weight excluding hydrogens is 416 g/mol. The van der Waals surface area contributed by atoms with Gasteiger partial charge in [0.15, 0.2) is 5.88 Å². The van der Waals surface area contributed by atoms with Crippen LogP contribution in [0.25, 0.3) is 22.2 Å². The predicted octanol–water partition coefficient (Wildman–Crippen LogP) is 4.73. The molecule has 166 valence electrons. The van der Waals surface area contributed by atoms with E-state index in [4.69, 9.17) is 0 Å². The van der Waals surface area contributed by atoms with Gasteiger partial charge in [-0.1, -0.05) is 6.07 Å². The van der Waals surface area contributed by atoms with E-state index >= 15 is 0 Å². The number of hydrogen-bond acceptors (Lipinski definition) is 6. The van der Waals surface area contributed by atoms with E-state index in [2.05, 4.69) is 25.6 Å². The summed E-state index contributed by atoms with van der Waals surface area (Å²) in [6.07, 6.45) is 2.07. The maximum absolute atomic E-state index is 14.3. The fourth-order valence-electron chi connectivity index (χ4n) is 3.37. The number of nitrogens with zero attached hydrogens (tertiary/aromatic N) is 2. The van der Waals surface area contributed by atoms with E-state index < -0.39 is 17.9 Å². The number of hydrogen-bond donors (Lipinski definition) is 5. The van der Waals surface area contributed by atoms with Crippen LogP contribution in [0.15, 0.2) is 48.8 Å². The molecular formula is C23H23F2N5O2. The number of anilines is 2. The number of pyridine rings is 2. The average molecular weight is 439 g/mol. The summed E-state index contributed by atoms with van der Waals surface area (Å²) >= 11 is 0. The molecule has 0 bridgehead atoms. The van der Waals surface area contributed by atoms with Crippen LogP contribution in [0.2, 0.25) is 0 Å². The van der Waals surface area contributed by atoms with E-state index in [1.807, 2.05) is 20.8 Å². The third kappa shape index (κ3) is 4.39. The van der Waals surface area contributed by atoms with Crippen LogP contribution < -0.4 is 10.6 Å². The first-order valence-corrected chi connectivity index (χ1v) is 9.96. The van der Waals surface area contributed by atoms with Crippen LogP contribution in [0.5, 0.6) is 5.88 Å². The van der Waals surface area contributed by atoms with Crippen LogP contribution >= 0.6 is 0 Å². The molecule has 4 rings (SSSR count). The molecule has 3 heterocycles. The van der Waals surface area contributed by atoms with Gasteiger partial charge in [-0.2, -0.15) is 0 Å². The average Bonchev–Trinajstić information content (AvgIpc) is 3.08. The summed E-state index contributed by atoms with van der Waals surface area (Å²) in [6.45, 7) is 5.81. The van der Waals surface area contributed by atoms with Gasteiger partial charge in [0.2, 0.25) is 0 Å². The van der Waals surface area contributed by atoms with Gasteiger partial charge in [-0.05, 0) is 51.1 Å². The topological polar surface area (TPSA) is 106 Å². The standard InChI is InChI=1S/C23H23F2N5O2/c1-23(2,3)30-21(31)12-7-8-18(26-10-12)29-16-9-15(19-13(24)5-4-6-14(19)25)28-17-11-27-22(32)20(16)17/h4-11,21,27,30-32H,1-3H3,(H,26,29). The SMILES string of the molecule is CC(C)(C)NC(O)c1ccc(Nc2cc(-c3c(F)cccc3F)nc3c[nH]c(O)c23)nc1. The zero-order valence-corrected chi connectivity index (χ0v) is 17.7. The van der Waals surface area contributed by atoms with Crippen molar-refractivity contribution in [3.05, 3.63) is 66.0 Å². The molecule has 5 N–H and O–H groups in total. The number of aliphatic hydroxyl groups is 1. The predicted molar refractivity (Wildman–Crippen MR) is 118 cm³/mol. The summed E-state index contributed by atoms with van der Waals surface area (Å²) < 4.78 is 28.7. The highest BCUT2D eigenvalue weighted by molar-refractivity contribution is 5.99. The first kappa shape index (κ1) is 21.7. The van der Waals surface area contributed by atoms with Crippen LogP contribution in [-0.4, -0.2) is 30.7 Å². The van der Waals surface area contributed by atoms with Gasteiger partial charge >= 0.3 is 0 Å². The Kier molecular flexibility index (Phi) is 5.53. The van der Waals surface area contributed by atoms with Gasteiger partial charge in [0, 0.05) is 23.5 Å². The van der Waals surface area contributed by atoms with Gasteiger partial charge in [0.25, 0.3) is 0 Å². The molecule has 0 radical (unpaired) electrons. The first-order chi connectivity index (χ1) is 15.1. The zero-order chi connectivity index (χ0) is 23.0. The molecule has 32 heavy (non-hydrogen) atoms. The monoisotopic (exact) mass is 439 g/mol. The van der Waals surface area contributed by atoms with Crippen molar-refractivity contribution in [1.82, 2.24) is 20.3 Å². The summed E-state index contributed by atoms with van der Waals surface area (Å²) in [5, 5.41) is 27.0. The van der Waals surface area contributed by atoms with Gasteiger partial charge < -0.3 is 20.5 Å². The Hall–Kier alpha value is -3.56. The van der Waals surface area contributed by atoms with Crippen molar-refractivity contribution in [1.29, 1.82) is 0 Å². The lowest BCUT2D eigenvalue weighted by molar-refractivity contribution is 0.106. The molecule has 0 aliphatic heterocycles. The Bertz CT molecular complexity index is 1250. The number of aromatic hydroxyl groups is 1. The maximum atomic E-state index is 14.3. The Morgan fingerprint density at radius 1 is 1.09 bits per heavy atom. The van der Waals surface area contributed by atoms with Crippen molar-refractivity contribution in [2.75, 3.05) is 5.32 Å². The molecule has 0 aliphatic rings. The van der Waals surface area contributed by atoms with Crippen molar-refractivity contribution in [2.45, 2.75) is 32.5 Å². The van der Waals surface area contributed by atoms with E-state index in [0.717, 1.165) is 12.1 Å². The molecule has 1 atom stereocenters. The van der Waals surface area contributed by atoms with E-state index in [9.17, 15) is 19.0 Å². The van der Waals surface area contributed by atoms with Gasteiger partial charge in [-0.25, -0.2) is 18.7 Å². The largest absolute Gasteiger partial charge is 0.494 e. The zero-order valence-electron chi connectivity index (χ0n) is 17.7. The molecule has 0 saturated heterocycles. The van der Waals surface area contributed by atoms with E-state index in [-0.39, 0.29) is 22.7 Å². The molecule has 9 heteroatoms. The van der Waals surface area contributed by atoms with E-state index in [1.165, 1.54) is 24.5 Å². The lowest BCUT2D eigenvalue weighted by Gasteiger charge is -2.25. The minimum atomic E-state index is -0.895. The molecule has 0 fully saturated rings.